The number of nitrogens with zero attached hydrogens (tertiary/aromatic N) is 3. The highest BCUT2D eigenvalue weighted by Gasteiger charge is 2.27. The molecule has 1 amide bonds. The summed E-state index contributed by atoms with van der Waals surface area (Å²) in [5.74, 6) is 0.942. The second-order valence-electron chi connectivity index (χ2n) is 7.06. The van der Waals surface area contributed by atoms with E-state index in [0.717, 1.165) is 18.4 Å². The average Bonchev–Trinajstić information content (AvgIpc) is 3.50. The van der Waals surface area contributed by atoms with Gasteiger partial charge in [-0.2, -0.15) is 9.29 Å². The van der Waals surface area contributed by atoms with Crippen molar-refractivity contribution in [2.24, 2.45) is 0 Å². The van der Waals surface area contributed by atoms with Crippen LogP contribution in [-0.4, -0.2) is 49.0 Å². The van der Waals surface area contributed by atoms with E-state index in [1.807, 2.05) is 18.2 Å². The number of amides is 1. The lowest BCUT2D eigenvalue weighted by molar-refractivity contribution is 0.0946. The molecular weight excluding hydrogens is 420 g/mol. The maximum atomic E-state index is 12.6. The molecular formula is C21H22N4O5S. The van der Waals surface area contributed by atoms with E-state index < -0.39 is 10.0 Å². The standard InChI is InChI=1S/C21H22N4O5S/c1-29-17-6-4-5-16(13-17)20-23-19(30-24-20)14-22-21(26)15-7-9-18(10-8-15)31(27,28)25-11-2-3-12-25/h4-10,13H,2-3,11-12,14H2,1H3,(H,22,26). The molecule has 10 heteroatoms. The smallest absolute Gasteiger partial charge is 0.251 e. The summed E-state index contributed by atoms with van der Waals surface area (Å²) in [6.07, 6.45) is 1.74. The molecule has 9 nitrogen and oxygen atoms in total. The highest BCUT2D eigenvalue weighted by Crippen LogP contribution is 2.22. The Morgan fingerprint density at radius 2 is 1.90 bits per heavy atom. The van der Waals surface area contributed by atoms with Crippen molar-refractivity contribution in [3.05, 3.63) is 60.0 Å². The molecule has 1 aromatic heterocycles. The summed E-state index contributed by atoms with van der Waals surface area (Å²) in [5, 5.41) is 6.62. The normalized spacial score (nSPS) is 14.5. The Balaban J connectivity index is 1.38. The monoisotopic (exact) mass is 442 g/mol. The van der Waals surface area contributed by atoms with Crippen LogP contribution in [0.3, 0.4) is 0 Å². The van der Waals surface area contributed by atoms with Gasteiger partial charge in [0.25, 0.3) is 5.91 Å². The summed E-state index contributed by atoms with van der Waals surface area (Å²) in [4.78, 5) is 16.9. The zero-order chi connectivity index (χ0) is 21.8. The van der Waals surface area contributed by atoms with Crippen molar-refractivity contribution in [3.63, 3.8) is 0 Å². The topological polar surface area (TPSA) is 115 Å². The average molecular weight is 442 g/mol. The van der Waals surface area contributed by atoms with Crippen molar-refractivity contribution < 1.29 is 22.5 Å². The number of benzene rings is 2. The number of ether oxygens (including phenoxy) is 1. The van der Waals surface area contributed by atoms with Crippen LogP contribution in [0.15, 0.2) is 57.9 Å². The van der Waals surface area contributed by atoms with Gasteiger partial charge in [0.15, 0.2) is 0 Å². The van der Waals surface area contributed by atoms with Gasteiger partial charge in [-0.1, -0.05) is 17.3 Å². The van der Waals surface area contributed by atoms with Gasteiger partial charge in [-0.05, 0) is 49.2 Å². The summed E-state index contributed by atoms with van der Waals surface area (Å²) >= 11 is 0. The number of hydrogen-bond acceptors (Lipinski definition) is 7. The number of aromatic nitrogens is 2. The van der Waals surface area contributed by atoms with Gasteiger partial charge in [0, 0.05) is 24.2 Å². The van der Waals surface area contributed by atoms with Gasteiger partial charge in [0.1, 0.15) is 5.75 Å². The molecule has 1 saturated heterocycles. The summed E-state index contributed by atoms with van der Waals surface area (Å²) in [5.41, 5.74) is 1.07. The fourth-order valence-corrected chi connectivity index (χ4v) is 4.84. The van der Waals surface area contributed by atoms with E-state index in [9.17, 15) is 13.2 Å². The second kappa shape index (κ2) is 8.86. The second-order valence-corrected chi connectivity index (χ2v) is 9.00. The van der Waals surface area contributed by atoms with Gasteiger partial charge in [-0.25, -0.2) is 8.42 Å². The molecule has 1 fully saturated rings. The van der Waals surface area contributed by atoms with E-state index >= 15 is 0 Å². The fraction of sp³-hybridized carbons (Fsp3) is 0.286. The molecule has 0 bridgehead atoms. The summed E-state index contributed by atoms with van der Waals surface area (Å²) < 4.78 is 37.0. The Kier molecular flexibility index (Phi) is 6.01. The molecule has 2 heterocycles. The zero-order valence-corrected chi connectivity index (χ0v) is 17.8. The van der Waals surface area contributed by atoms with E-state index in [4.69, 9.17) is 9.26 Å². The van der Waals surface area contributed by atoms with Crippen molar-refractivity contribution in [2.75, 3.05) is 20.2 Å². The molecule has 0 radical (unpaired) electrons. The van der Waals surface area contributed by atoms with Gasteiger partial charge in [0.2, 0.25) is 21.7 Å². The third kappa shape index (κ3) is 4.59. The van der Waals surface area contributed by atoms with Gasteiger partial charge < -0.3 is 14.6 Å². The van der Waals surface area contributed by atoms with Crippen LogP contribution in [0.25, 0.3) is 11.4 Å². The number of rotatable bonds is 7. The molecule has 0 unspecified atom stereocenters. The van der Waals surface area contributed by atoms with E-state index in [1.165, 1.54) is 28.6 Å². The molecule has 0 saturated carbocycles. The first-order valence-corrected chi connectivity index (χ1v) is 11.3. The summed E-state index contributed by atoms with van der Waals surface area (Å²) in [6.45, 7) is 1.11. The summed E-state index contributed by atoms with van der Waals surface area (Å²) in [7, 11) is -1.93. The molecule has 3 aromatic rings. The Labute approximate surface area is 180 Å². The minimum Gasteiger partial charge on any atom is -0.497 e. The maximum absolute atomic E-state index is 12.6. The molecule has 0 atom stereocenters. The van der Waals surface area contributed by atoms with E-state index in [0.29, 0.717) is 30.2 Å². The Morgan fingerprint density at radius 3 is 2.61 bits per heavy atom. The maximum Gasteiger partial charge on any atom is 0.251 e. The van der Waals surface area contributed by atoms with Crippen LogP contribution in [-0.2, 0) is 16.6 Å². The lowest BCUT2D eigenvalue weighted by atomic mass is 10.2. The Hall–Kier alpha value is -3.24. The summed E-state index contributed by atoms with van der Waals surface area (Å²) in [6, 6.07) is 13.1. The molecule has 162 valence electrons. The van der Waals surface area contributed by atoms with Crippen LogP contribution >= 0.6 is 0 Å². The number of carbonyl (C=O) groups excluding carboxylic acids is 1. The number of hydrogen-bond donors (Lipinski definition) is 1. The van der Waals surface area contributed by atoms with Crippen molar-refractivity contribution in [2.45, 2.75) is 24.3 Å². The third-order valence-corrected chi connectivity index (χ3v) is 6.93. The minimum atomic E-state index is -3.51. The predicted octanol–water partition coefficient (Wildman–Crippen LogP) is 2.46. The highest BCUT2D eigenvalue weighted by molar-refractivity contribution is 7.89. The first-order valence-electron chi connectivity index (χ1n) is 9.83. The lowest BCUT2D eigenvalue weighted by Crippen LogP contribution is -2.28. The third-order valence-electron chi connectivity index (χ3n) is 5.02. The van der Waals surface area contributed by atoms with Crippen molar-refractivity contribution in [1.29, 1.82) is 0 Å². The highest BCUT2D eigenvalue weighted by atomic mass is 32.2. The van der Waals surface area contributed by atoms with Crippen molar-refractivity contribution in [1.82, 2.24) is 19.8 Å². The molecule has 1 aliphatic heterocycles. The predicted molar refractivity (Wildman–Crippen MR) is 112 cm³/mol. The number of methoxy groups -OCH3 is 1. The zero-order valence-electron chi connectivity index (χ0n) is 16.9. The first kappa shape index (κ1) is 21.0. The van der Waals surface area contributed by atoms with Crippen LogP contribution in [0.4, 0.5) is 0 Å². The lowest BCUT2D eigenvalue weighted by Gasteiger charge is -2.15. The number of nitrogens with one attached hydrogen (secondary N) is 1. The molecule has 1 aliphatic rings. The van der Waals surface area contributed by atoms with E-state index in [1.54, 1.807) is 13.2 Å². The SMILES string of the molecule is COc1cccc(-c2noc(CNC(=O)c3ccc(S(=O)(=O)N4CCCC4)cc3)n2)c1. The molecule has 4 rings (SSSR count). The number of sulfonamides is 1. The van der Waals surface area contributed by atoms with Crippen LogP contribution in [0.5, 0.6) is 5.75 Å². The molecule has 2 aromatic carbocycles. The van der Waals surface area contributed by atoms with Crippen molar-refractivity contribution in [3.8, 4) is 17.1 Å². The Bertz CT molecular complexity index is 1170. The Morgan fingerprint density at radius 1 is 1.16 bits per heavy atom. The van der Waals surface area contributed by atoms with Gasteiger partial charge in [-0.15, -0.1) is 0 Å². The fourth-order valence-electron chi connectivity index (χ4n) is 3.32. The number of carbonyl (C=O) groups is 1. The van der Waals surface area contributed by atoms with Crippen LogP contribution in [0.1, 0.15) is 29.1 Å². The molecule has 31 heavy (non-hydrogen) atoms. The van der Waals surface area contributed by atoms with E-state index in [-0.39, 0.29) is 23.2 Å². The van der Waals surface area contributed by atoms with Crippen LogP contribution in [0, 0.1) is 0 Å². The van der Waals surface area contributed by atoms with E-state index in [2.05, 4.69) is 15.5 Å². The molecule has 0 aliphatic carbocycles. The van der Waals surface area contributed by atoms with Crippen molar-refractivity contribution >= 4 is 15.9 Å². The van der Waals surface area contributed by atoms with Crippen LogP contribution < -0.4 is 10.1 Å². The first-order chi connectivity index (χ1) is 15.0. The quantitative estimate of drug-likeness (QED) is 0.598. The minimum absolute atomic E-state index is 0.0453. The van der Waals surface area contributed by atoms with Gasteiger partial charge in [-0.3, -0.25) is 4.79 Å². The van der Waals surface area contributed by atoms with Crippen LogP contribution in [0.2, 0.25) is 0 Å². The molecule has 0 spiro atoms. The van der Waals surface area contributed by atoms with Gasteiger partial charge in [0.05, 0.1) is 18.6 Å². The van der Waals surface area contributed by atoms with Gasteiger partial charge >= 0.3 is 0 Å². The molecule has 1 N–H and O–H groups in total. The largest absolute Gasteiger partial charge is 0.497 e.